The number of carbonyl (C=O) groups excluding carboxylic acids is 3. The van der Waals surface area contributed by atoms with Gasteiger partial charge in [-0.3, -0.25) is 14.5 Å². The van der Waals surface area contributed by atoms with Gasteiger partial charge in [-0.05, 0) is 44.0 Å². The maximum Gasteiger partial charge on any atom is 0.324 e. The normalized spacial score (nSPS) is 16.2. The zero-order chi connectivity index (χ0) is 22.0. The average Bonchev–Trinajstić information content (AvgIpc) is 3.29. The lowest BCUT2D eigenvalue weighted by atomic mass is 10.1. The number of hydrogen-bond acceptors (Lipinski definition) is 3. The van der Waals surface area contributed by atoms with Crippen molar-refractivity contribution in [2.75, 3.05) is 11.9 Å². The quantitative estimate of drug-likeness (QED) is 0.574. The van der Waals surface area contributed by atoms with Crippen molar-refractivity contribution in [2.24, 2.45) is 0 Å². The van der Waals surface area contributed by atoms with Crippen LogP contribution in [0.15, 0.2) is 60.8 Å². The van der Waals surface area contributed by atoms with E-state index in [1.807, 2.05) is 60.8 Å². The minimum Gasteiger partial charge on any atom is -0.345 e. The molecular formula is C24H26N4O3. The summed E-state index contributed by atoms with van der Waals surface area (Å²) < 4.78 is 2.14. The fourth-order valence-electron chi connectivity index (χ4n) is 3.95. The molecule has 0 saturated carbocycles. The van der Waals surface area contributed by atoms with Crippen LogP contribution in [-0.2, 0) is 16.0 Å². The number of urea groups is 1. The van der Waals surface area contributed by atoms with Gasteiger partial charge in [0, 0.05) is 24.2 Å². The van der Waals surface area contributed by atoms with E-state index in [0.29, 0.717) is 18.2 Å². The summed E-state index contributed by atoms with van der Waals surface area (Å²) in [5, 5.41) is 6.47. The third-order valence-electron chi connectivity index (χ3n) is 5.56. The fourth-order valence-corrected chi connectivity index (χ4v) is 3.95. The van der Waals surface area contributed by atoms with Crippen LogP contribution in [0.25, 0.3) is 10.9 Å². The topological polar surface area (TPSA) is 83.4 Å². The van der Waals surface area contributed by atoms with Gasteiger partial charge >= 0.3 is 6.03 Å². The average molecular weight is 418 g/mol. The molecule has 4 amide bonds. The highest BCUT2D eigenvalue weighted by Crippen LogP contribution is 2.27. The van der Waals surface area contributed by atoms with Crippen molar-refractivity contribution in [3.05, 3.63) is 66.4 Å². The maximum atomic E-state index is 12.7. The minimum absolute atomic E-state index is 0.103. The van der Waals surface area contributed by atoms with Crippen molar-refractivity contribution in [3.8, 4) is 0 Å². The van der Waals surface area contributed by atoms with Crippen molar-refractivity contribution in [3.63, 3.8) is 0 Å². The lowest BCUT2D eigenvalue weighted by molar-refractivity contribution is -0.129. The van der Waals surface area contributed by atoms with Crippen molar-refractivity contribution >= 4 is 34.4 Å². The molecule has 1 aromatic heterocycles. The fraction of sp³-hybridized carbons (Fsp3) is 0.292. The number of aromatic nitrogens is 1. The Bertz CT molecular complexity index is 1120. The summed E-state index contributed by atoms with van der Waals surface area (Å²) in [6.07, 6.45) is 2.47. The molecule has 0 spiro atoms. The number of nitrogens with one attached hydrogen (secondary N) is 2. The lowest BCUT2D eigenvalue weighted by Crippen LogP contribution is -2.34. The van der Waals surface area contributed by atoms with E-state index >= 15 is 0 Å². The Hall–Kier alpha value is -3.61. The van der Waals surface area contributed by atoms with Crippen LogP contribution in [0.1, 0.15) is 31.9 Å². The number of anilines is 1. The summed E-state index contributed by atoms with van der Waals surface area (Å²) in [6.45, 7) is 4.49. The number of amides is 4. The van der Waals surface area contributed by atoms with Crippen LogP contribution in [0.4, 0.5) is 10.5 Å². The Kier molecular flexibility index (Phi) is 5.75. The summed E-state index contributed by atoms with van der Waals surface area (Å²) in [7, 11) is 0. The van der Waals surface area contributed by atoms with Crippen LogP contribution in [0.5, 0.6) is 0 Å². The zero-order valence-electron chi connectivity index (χ0n) is 17.7. The molecule has 1 aliphatic heterocycles. The third-order valence-corrected chi connectivity index (χ3v) is 5.56. The number of benzene rings is 2. The van der Waals surface area contributed by atoms with Gasteiger partial charge < -0.3 is 15.2 Å². The van der Waals surface area contributed by atoms with E-state index in [1.54, 1.807) is 0 Å². The van der Waals surface area contributed by atoms with E-state index in [4.69, 9.17) is 0 Å². The smallest absolute Gasteiger partial charge is 0.324 e. The van der Waals surface area contributed by atoms with Gasteiger partial charge in [0.2, 0.25) is 5.91 Å². The Balaban J connectivity index is 1.39. The zero-order valence-corrected chi connectivity index (χ0v) is 17.7. The summed E-state index contributed by atoms with van der Waals surface area (Å²) in [5.74, 6) is -0.673. The predicted octanol–water partition coefficient (Wildman–Crippen LogP) is 3.71. The second-order valence-electron chi connectivity index (χ2n) is 8.03. The van der Waals surface area contributed by atoms with E-state index in [9.17, 15) is 14.4 Å². The van der Waals surface area contributed by atoms with Crippen molar-refractivity contribution in [1.82, 2.24) is 14.8 Å². The predicted molar refractivity (Wildman–Crippen MR) is 120 cm³/mol. The van der Waals surface area contributed by atoms with Crippen LogP contribution in [0.3, 0.4) is 0 Å². The molecule has 1 saturated heterocycles. The van der Waals surface area contributed by atoms with Crippen molar-refractivity contribution < 1.29 is 14.4 Å². The Morgan fingerprint density at radius 2 is 1.84 bits per heavy atom. The van der Waals surface area contributed by atoms with Gasteiger partial charge in [-0.25, -0.2) is 4.79 Å². The highest BCUT2D eigenvalue weighted by atomic mass is 16.2. The number of hydrogen-bond donors (Lipinski definition) is 2. The van der Waals surface area contributed by atoms with Crippen LogP contribution >= 0.6 is 0 Å². The number of imide groups is 1. The standard InChI is InChI=1S/C24H26N4O3/c1-16(2)27-14-12-18-19(9-6-10-21(18)27)25-22(29)15-20-23(30)28(24(31)26-20)13-11-17-7-4-3-5-8-17/h3-10,12,14,16,20H,11,13,15H2,1-2H3,(H,25,29)(H,26,31)/t20-/m0/s1. The van der Waals surface area contributed by atoms with E-state index in [-0.39, 0.29) is 24.8 Å². The molecular weight excluding hydrogens is 392 g/mol. The molecule has 31 heavy (non-hydrogen) atoms. The van der Waals surface area contributed by atoms with Gasteiger partial charge in [0.15, 0.2) is 0 Å². The molecule has 0 aliphatic carbocycles. The van der Waals surface area contributed by atoms with Crippen LogP contribution in [-0.4, -0.2) is 39.9 Å². The SMILES string of the molecule is CC(C)n1ccc2c(NC(=O)C[C@@H]3NC(=O)N(CCc4ccccc4)C3=O)cccc21. The molecule has 0 unspecified atom stereocenters. The van der Waals surface area contributed by atoms with Crippen LogP contribution < -0.4 is 10.6 Å². The van der Waals surface area contributed by atoms with E-state index in [0.717, 1.165) is 16.5 Å². The molecule has 2 heterocycles. The number of nitrogens with zero attached hydrogens (tertiary/aromatic N) is 2. The number of rotatable bonds is 7. The van der Waals surface area contributed by atoms with Gasteiger partial charge in [-0.15, -0.1) is 0 Å². The van der Waals surface area contributed by atoms with E-state index < -0.39 is 12.1 Å². The van der Waals surface area contributed by atoms with Crippen LogP contribution in [0, 0.1) is 0 Å². The van der Waals surface area contributed by atoms with Gasteiger partial charge in [0.25, 0.3) is 5.91 Å². The highest BCUT2D eigenvalue weighted by Gasteiger charge is 2.38. The molecule has 1 fully saturated rings. The Labute approximate surface area is 181 Å². The molecule has 7 heteroatoms. The first-order valence-corrected chi connectivity index (χ1v) is 10.5. The molecule has 1 aliphatic rings. The summed E-state index contributed by atoms with van der Waals surface area (Å²) in [4.78, 5) is 38.8. The molecule has 2 N–H and O–H groups in total. The largest absolute Gasteiger partial charge is 0.345 e. The first-order chi connectivity index (χ1) is 14.9. The maximum absolute atomic E-state index is 12.7. The Morgan fingerprint density at radius 3 is 2.58 bits per heavy atom. The second kappa shape index (κ2) is 8.63. The van der Waals surface area contributed by atoms with Gasteiger partial charge in [0.05, 0.1) is 17.6 Å². The van der Waals surface area contributed by atoms with Gasteiger partial charge in [-0.1, -0.05) is 36.4 Å². The Morgan fingerprint density at radius 1 is 1.06 bits per heavy atom. The minimum atomic E-state index is -0.845. The molecule has 3 aromatic rings. The molecule has 4 rings (SSSR count). The van der Waals surface area contributed by atoms with E-state index in [1.165, 1.54) is 4.90 Å². The van der Waals surface area contributed by atoms with Crippen molar-refractivity contribution in [2.45, 2.75) is 38.8 Å². The third kappa shape index (κ3) is 4.30. The lowest BCUT2D eigenvalue weighted by Gasteiger charge is -2.13. The highest BCUT2D eigenvalue weighted by molar-refractivity contribution is 6.08. The number of carbonyl (C=O) groups is 3. The number of fused-ring (bicyclic) bond motifs is 1. The van der Waals surface area contributed by atoms with Crippen LogP contribution in [0.2, 0.25) is 0 Å². The molecule has 160 valence electrons. The van der Waals surface area contributed by atoms with Gasteiger partial charge in [-0.2, -0.15) is 0 Å². The summed E-state index contributed by atoms with van der Waals surface area (Å²) in [6, 6.07) is 16.4. The monoisotopic (exact) mass is 418 g/mol. The molecule has 1 atom stereocenters. The molecule has 2 aromatic carbocycles. The molecule has 7 nitrogen and oxygen atoms in total. The summed E-state index contributed by atoms with van der Waals surface area (Å²) >= 11 is 0. The first-order valence-electron chi connectivity index (χ1n) is 10.5. The van der Waals surface area contributed by atoms with E-state index in [2.05, 4.69) is 29.0 Å². The molecule has 0 radical (unpaired) electrons. The van der Waals surface area contributed by atoms with Crippen molar-refractivity contribution in [1.29, 1.82) is 0 Å². The van der Waals surface area contributed by atoms with Gasteiger partial charge in [0.1, 0.15) is 6.04 Å². The second-order valence-corrected chi connectivity index (χ2v) is 8.03. The first kappa shape index (κ1) is 20.7. The molecule has 0 bridgehead atoms. The summed E-state index contributed by atoms with van der Waals surface area (Å²) in [5.41, 5.74) is 2.77.